The maximum atomic E-state index is 13.2. The van der Waals surface area contributed by atoms with Crippen LogP contribution >= 0.6 is 0 Å². The molecule has 1 aliphatic rings. The third-order valence-electron chi connectivity index (χ3n) is 4.82. The van der Waals surface area contributed by atoms with Crippen LogP contribution in [0.3, 0.4) is 0 Å². The zero-order valence-corrected chi connectivity index (χ0v) is 18.5. The lowest BCUT2D eigenvalue weighted by Gasteiger charge is -2.16. The van der Waals surface area contributed by atoms with Gasteiger partial charge in [-0.2, -0.15) is 0 Å². The molecule has 1 N–H and O–H groups in total. The van der Waals surface area contributed by atoms with E-state index in [0.717, 1.165) is 22.6 Å². The van der Waals surface area contributed by atoms with Crippen molar-refractivity contribution in [2.24, 2.45) is 0 Å². The quantitative estimate of drug-likeness (QED) is 0.424. The van der Waals surface area contributed by atoms with Gasteiger partial charge in [-0.3, -0.25) is 14.5 Å². The number of ether oxygens (including phenoxy) is 2. The largest absolute Gasteiger partial charge is 0.573 e. The highest BCUT2D eigenvalue weighted by molar-refractivity contribution is 6.36. The molecule has 0 aromatic heterocycles. The molecule has 1 heterocycles. The first-order chi connectivity index (χ1) is 15.5. The fraction of sp³-hybridized carbons (Fsp3) is 0.333. The molecule has 33 heavy (non-hydrogen) atoms. The van der Waals surface area contributed by atoms with E-state index in [-0.39, 0.29) is 29.6 Å². The van der Waals surface area contributed by atoms with E-state index in [1.807, 2.05) is 32.9 Å². The lowest BCUT2D eigenvalue weighted by atomic mass is 10.0. The van der Waals surface area contributed by atoms with Crippen molar-refractivity contribution in [3.8, 4) is 5.75 Å². The number of rotatable bonds is 9. The number of carbonyl (C=O) groups excluding carboxylic acids is 2. The van der Waals surface area contributed by atoms with Crippen LogP contribution in [0, 0.1) is 6.92 Å². The zero-order valence-electron chi connectivity index (χ0n) is 18.5. The van der Waals surface area contributed by atoms with Gasteiger partial charge in [0.1, 0.15) is 11.4 Å². The van der Waals surface area contributed by atoms with Gasteiger partial charge < -0.3 is 14.8 Å². The molecule has 3 rings (SSSR count). The number of hydrogen-bond acceptors (Lipinski definition) is 5. The fourth-order valence-corrected chi connectivity index (χ4v) is 3.34. The Bertz CT molecular complexity index is 1050. The highest BCUT2D eigenvalue weighted by Crippen LogP contribution is 2.32. The summed E-state index contributed by atoms with van der Waals surface area (Å²) < 4.78 is 47.2. The number of aryl methyl sites for hydroxylation is 1. The van der Waals surface area contributed by atoms with Crippen molar-refractivity contribution >= 4 is 23.1 Å². The molecule has 0 saturated carbocycles. The molecule has 1 aliphatic heterocycles. The second kappa shape index (κ2) is 10.1. The van der Waals surface area contributed by atoms with Crippen molar-refractivity contribution in [2.75, 3.05) is 18.5 Å². The van der Waals surface area contributed by atoms with Crippen molar-refractivity contribution in [3.63, 3.8) is 0 Å². The Labute approximate surface area is 190 Å². The molecule has 0 saturated heterocycles. The Hall–Kier alpha value is -3.33. The van der Waals surface area contributed by atoms with Crippen LogP contribution in [0.15, 0.2) is 54.2 Å². The van der Waals surface area contributed by atoms with Gasteiger partial charge in [0.25, 0.3) is 11.8 Å². The lowest BCUT2D eigenvalue weighted by Crippen LogP contribution is -2.34. The molecule has 0 atom stereocenters. The predicted molar refractivity (Wildman–Crippen MR) is 117 cm³/mol. The highest BCUT2D eigenvalue weighted by atomic mass is 19.4. The maximum Gasteiger partial charge on any atom is 0.573 e. The predicted octanol–water partition coefficient (Wildman–Crippen LogP) is 4.90. The zero-order chi connectivity index (χ0) is 24.2. The van der Waals surface area contributed by atoms with E-state index in [9.17, 15) is 22.8 Å². The smallest absolute Gasteiger partial charge is 0.406 e. The third-order valence-corrected chi connectivity index (χ3v) is 4.82. The molecule has 0 fully saturated rings. The molecule has 0 bridgehead atoms. The Kier molecular flexibility index (Phi) is 7.43. The van der Waals surface area contributed by atoms with Gasteiger partial charge in [0.15, 0.2) is 0 Å². The van der Waals surface area contributed by atoms with Gasteiger partial charge in [-0.15, -0.1) is 13.2 Å². The van der Waals surface area contributed by atoms with Gasteiger partial charge in [0.2, 0.25) is 0 Å². The number of hydrogen-bond donors (Lipinski definition) is 1. The summed E-state index contributed by atoms with van der Waals surface area (Å²) in [4.78, 5) is 27.4. The summed E-state index contributed by atoms with van der Waals surface area (Å²) in [6, 6.07) is 12.2. The molecular formula is C24H25F3N2O4. The number of nitrogens with zero attached hydrogens (tertiary/aromatic N) is 1. The molecule has 2 amide bonds. The number of halogens is 3. The van der Waals surface area contributed by atoms with Crippen LogP contribution in [0.1, 0.15) is 31.4 Å². The fourth-order valence-electron chi connectivity index (χ4n) is 3.34. The lowest BCUT2D eigenvalue weighted by molar-refractivity contribution is -0.274. The standard InChI is InChI=1S/C24H25F3N2O4/c1-15(2)32-13-5-12-29-22(30)20(17-10-8-16(3)9-11-17)21(23(29)31)28-18-6-4-7-19(14-18)33-24(25,26)27/h4,6-11,14-15,28H,5,12-13H2,1-3H3. The van der Waals surface area contributed by atoms with E-state index in [1.165, 1.54) is 12.1 Å². The SMILES string of the molecule is Cc1ccc(C2=C(Nc3cccc(OC(F)(F)F)c3)C(=O)N(CCCOC(C)C)C2=O)cc1. The maximum absolute atomic E-state index is 13.2. The number of carbonyl (C=O) groups is 2. The first kappa shape index (κ1) is 24.3. The van der Waals surface area contributed by atoms with Crippen LogP contribution in [-0.4, -0.2) is 42.3 Å². The average Bonchev–Trinajstić information content (AvgIpc) is 2.95. The van der Waals surface area contributed by atoms with E-state index >= 15 is 0 Å². The number of imide groups is 1. The second-order valence-electron chi connectivity index (χ2n) is 7.85. The number of nitrogens with one attached hydrogen (secondary N) is 1. The number of amides is 2. The van der Waals surface area contributed by atoms with Gasteiger partial charge in [-0.1, -0.05) is 35.9 Å². The van der Waals surface area contributed by atoms with Gasteiger partial charge in [-0.25, -0.2) is 0 Å². The molecule has 9 heteroatoms. The monoisotopic (exact) mass is 462 g/mol. The Balaban J connectivity index is 1.90. The highest BCUT2D eigenvalue weighted by Gasteiger charge is 2.39. The first-order valence-electron chi connectivity index (χ1n) is 10.5. The molecule has 0 radical (unpaired) electrons. The summed E-state index contributed by atoms with van der Waals surface area (Å²) in [7, 11) is 0. The summed E-state index contributed by atoms with van der Waals surface area (Å²) >= 11 is 0. The van der Waals surface area contributed by atoms with Gasteiger partial charge in [-0.05, 0) is 44.9 Å². The minimum atomic E-state index is -4.85. The van der Waals surface area contributed by atoms with Gasteiger partial charge in [0, 0.05) is 24.9 Å². The Morgan fingerprint density at radius 3 is 2.36 bits per heavy atom. The molecule has 2 aromatic carbocycles. The van der Waals surface area contributed by atoms with Crippen LogP contribution in [0.2, 0.25) is 0 Å². The molecule has 176 valence electrons. The normalized spacial score (nSPS) is 14.5. The topological polar surface area (TPSA) is 67.9 Å². The van der Waals surface area contributed by atoms with Crippen molar-refractivity contribution in [2.45, 2.75) is 39.7 Å². The van der Waals surface area contributed by atoms with E-state index < -0.39 is 23.9 Å². The van der Waals surface area contributed by atoms with Gasteiger partial charge >= 0.3 is 6.36 Å². The van der Waals surface area contributed by atoms with Crippen molar-refractivity contribution in [3.05, 3.63) is 65.4 Å². The molecule has 0 unspecified atom stereocenters. The summed E-state index contributed by atoms with van der Waals surface area (Å²) in [5.41, 5.74) is 1.85. The van der Waals surface area contributed by atoms with Crippen LogP contribution in [0.25, 0.3) is 5.57 Å². The van der Waals surface area contributed by atoms with Crippen LogP contribution < -0.4 is 10.1 Å². The average molecular weight is 462 g/mol. The summed E-state index contributed by atoms with van der Waals surface area (Å²) in [5.74, 6) is -1.47. The minimum absolute atomic E-state index is 0.00205. The Morgan fingerprint density at radius 1 is 1.03 bits per heavy atom. The minimum Gasteiger partial charge on any atom is -0.406 e. The Morgan fingerprint density at radius 2 is 1.73 bits per heavy atom. The van der Waals surface area contributed by atoms with E-state index in [4.69, 9.17) is 4.74 Å². The number of alkyl halides is 3. The molecule has 0 aliphatic carbocycles. The summed E-state index contributed by atoms with van der Waals surface area (Å²) in [6.07, 6.45) is -4.36. The first-order valence-corrected chi connectivity index (χ1v) is 10.5. The summed E-state index contributed by atoms with van der Waals surface area (Å²) in [6.45, 7) is 6.21. The molecule has 6 nitrogen and oxygen atoms in total. The van der Waals surface area contributed by atoms with E-state index in [0.29, 0.717) is 18.6 Å². The molecule has 2 aromatic rings. The van der Waals surface area contributed by atoms with Crippen LogP contribution in [0.5, 0.6) is 5.75 Å². The third kappa shape index (κ3) is 6.35. The van der Waals surface area contributed by atoms with Crippen molar-refractivity contribution < 1.29 is 32.2 Å². The number of benzene rings is 2. The second-order valence-corrected chi connectivity index (χ2v) is 7.85. The van der Waals surface area contributed by atoms with Crippen LogP contribution in [-0.2, 0) is 14.3 Å². The molecule has 0 spiro atoms. The van der Waals surface area contributed by atoms with E-state index in [1.54, 1.807) is 12.1 Å². The van der Waals surface area contributed by atoms with Gasteiger partial charge in [0.05, 0.1) is 11.7 Å². The van der Waals surface area contributed by atoms with Crippen molar-refractivity contribution in [1.29, 1.82) is 0 Å². The summed E-state index contributed by atoms with van der Waals surface area (Å²) in [5, 5.41) is 2.84. The van der Waals surface area contributed by atoms with E-state index in [2.05, 4.69) is 10.1 Å². The number of anilines is 1. The van der Waals surface area contributed by atoms with Crippen molar-refractivity contribution in [1.82, 2.24) is 4.90 Å². The van der Waals surface area contributed by atoms with Crippen LogP contribution in [0.4, 0.5) is 18.9 Å². The molecular weight excluding hydrogens is 437 g/mol.